The molecule has 0 aliphatic carbocycles. The first-order valence-electron chi connectivity index (χ1n) is 5.80. The van der Waals surface area contributed by atoms with E-state index < -0.39 is 0 Å². The molecule has 2 aromatic heterocycles. The zero-order valence-corrected chi connectivity index (χ0v) is 11.2. The maximum absolute atomic E-state index is 4.44. The van der Waals surface area contributed by atoms with Gasteiger partial charge in [0.15, 0.2) is 0 Å². The van der Waals surface area contributed by atoms with Crippen LogP contribution in [0, 0.1) is 6.92 Å². The Kier molecular flexibility index (Phi) is 3.91. The van der Waals surface area contributed by atoms with E-state index in [4.69, 9.17) is 0 Å². The molecule has 0 bridgehead atoms. The predicted octanol–water partition coefficient (Wildman–Crippen LogP) is 2.39. The van der Waals surface area contributed by atoms with E-state index in [-0.39, 0.29) is 0 Å². The van der Waals surface area contributed by atoms with E-state index >= 15 is 0 Å². The first kappa shape index (κ1) is 12.3. The van der Waals surface area contributed by atoms with E-state index in [1.165, 1.54) is 0 Å². The maximum Gasteiger partial charge on any atom is 0.0897 e. The second-order valence-corrected chi connectivity index (χ2v) is 5.32. The second-order valence-electron chi connectivity index (χ2n) is 4.25. The van der Waals surface area contributed by atoms with Crippen LogP contribution in [0.1, 0.15) is 30.6 Å². The molecule has 2 aromatic rings. The van der Waals surface area contributed by atoms with E-state index in [2.05, 4.69) is 34.6 Å². The van der Waals surface area contributed by atoms with Crippen molar-refractivity contribution in [1.29, 1.82) is 0 Å². The summed E-state index contributed by atoms with van der Waals surface area (Å²) in [6.45, 7) is 7.18. The van der Waals surface area contributed by atoms with Crippen molar-refractivity contribution in [3.63, 3.8) is 0 Å². The number of hydrogen-bond acceptors (Lipinski definition) is 4. The molecule has 0 amide bonds. The summed E-state index contributed by atoms with van der Waals surface area (Å²) in [7, 11) is 0. The average molecular weight is 250 g/mol. The van der Waals surface area contributed by atoms with E-state index in [9.17, 15) is 0 Å². The van der Waals surface area contributed by atoms with Crippen LogP contribution in [0.25, 0.3) is 0 Å². The van der Waals surface area contributed by atoms with Gasteiger partial charge in [0.2, 0.25) is 0 Å². The molecular weight excluding hydrogens is 232 g/mol. The van der Waals surface area contributed by atoms with Crippen LogP contribution < -0.4 is 5.32 Å². The van der Waals surface area contributed by atoms with Gasteiger partial charge < -0.3 is 5.32 Å². The standard InChI is InChI=1S/C12H18N4S/c1-9(10(2)16-6-4-5-14-16)13-7-12-8-17-11(3)15-12/h4-6,8-10,13H,7H2,1-3H3/t9-,10-/m0/s1. The average Bonchev–Trinajstić information content (AvgIpc) is 2.95. The Morgan fingerprint density at radius 3 is 2.88 bits per heavy atom. The molecule has 0 saturated heterocycles. The van der Waals surface area contributed by atoms with Gasteiger partial charge in [0.05, 0.1) is 16.7 Å². The first-order valence-corrected chi connectivity index (χ1v) is 6.68. The van der Waals surface area contributed by atoms with E-state index in [1.54, 1.807) is 11.3 Å². The van der Waals surface area contributed by atoms with Gasteiger partial charge in [0, 0.05) is 30.4 Å². The second kappa shape index (κ2) is 5.42. The number of aromatic nitrogens is 3. The van der Waals surface area contributed by atoms with Crippen molar-refractivity contribution in [2.45, 2.75) is 39.4 Å². The molecule has 0 aliphatic rings. The summed E-state index contributed by atoms with van der Waals surface area (Å²) in [5.74, 6) is 0. The van der Waals surface area contributed by atoms with Gasteiger partial charge in [-0.3, -0.25) is 4.68 Å². The highest BCUT2D eigenvalue weighted by Crippen LogP contribution is 2.11. The lowest BCUT2D eigenvalue weighted by atomic mass is 10.2. The Hall–Kier alpha value is -1.20. The molecule has 0 unspecified atom stereocenters. The molecule has 0 saturated carbocycles. The molecule has 4 nitrogen and oxygen atoms in total. The summed E-state index contributed by atoms with van der Waals surface area (Å²) in [5.41, 5.74) is 1.12. The third kappa shape index (κ3) is 3.14. The predicted molar refractivity (Wildman–Crippen MR) is 70.1 cm³/mol. The Bertz CT molecular complexity index is 449. The van der Waals surface area contributed by atoms with Crippen LogP contribution in [0.2, 0.25) is 0 Å². The third-order valence-corrected chi connectivity index (χ3v) is 3.76. The van der Waals surface area contributed by atoms with Crippen molar-refractivity contribution in [2.24, 2.45) is 0 Å². The smallest absolute Gasteiger partial charge is 0.0897 e. The number of thiazole rings is 1. The first-order chi connectivity index (χ1) is 8.16. The lowest BCUT2D eigenvalue weighted by molar-refractivity contribution is 0.364. The molecule has 1 N–H and O–H groups in total. The number of hydrogen-bond donors (Lipinski definition) is 1. The van der Waals surface area contributed by atoms with Gasteiger partial charge in [-0.05, 0) is 26.8 Å². The van der Waals surface area contributed by atoms with Gasteiger partial charge in [-0.15, -0.1) is 11.3 Å². The molecule has 2 heterocycles. The molecule has 2 atom stereocenters. The molecule has 0 aromatic carbocycles. The molecule has 0 aliphatic heterocycles. The van der Waals surface area contributed by atoms with Crippen LogP contribution >= 0.6 is 11.3 Å². The van der Waals surface area contributed by atoms with Crippen molar-refractivity contribution in [1.82, 2.24) is 20.1 Å². The van der Waals surface area contributed by atoms with Crippen molar-refractivity contribution < 1.29 is 0 Å². The van der Waals surface area contributed by atoms with Crippen LogP contribution in [0.4, 0.5) is 0 Å². The van der Waals surface area contributed by atoms with Crippen molar-refractivity contribution in [3.8, 4) is 0 Å². The lowest BCUT2D eigenvalue weighted by Crippen LogP contribution is -2.33. The molecule has 5 heteroatoms. The highest BCUT2D eigenvalue weighted by atomic mass is 32.1. The molecule has 0 radical (unpaired) electrons. The van der Waals surface area contributed by atoms with E-state index in [1.807, 2.05) is 30.1 Å². The summed E-state index contributed by atoms with van der Waals surface area (Å²) >= 11 is 1.69. The van der Waals surface area contributed by atoms with Gasteiger partial charge in [-0.25, -0.2) is 4.98 Å². The zero-order valence-electron chi connectivity index (χ0n) is 10.4. The summed E-state index contributed by atoms with van der Waals surface area (Å²) < 4.78 is 1.98. The summed E-state index contributed by atoms with van der Waals surface area (Å²) in [4.78, 5) is 4.44. The Labute approximate surface area is 106 Å². The number of nitrogens with one attached hydrogen (secondary N) is 1. The minimum absolute atomic E-state index is 0.338. The normalized spacial score (nSPS) is 14.8. The van der Waals surface area contributed by atoms with Gasteiger partial charge in [-0.1, -0.05) is 0 Å². The zero-order chi connectivity index (χ0) is 12.3. The van der Waals surface area contributed by atoms with Gasteiger partial charge >= 0.3 is 0 Å². The van der Waals surface area contributed by atoms with Crippen LogP contribution in [0.5, 0.6) is 0 Å². The fourth-order valence-corrected chi connectivity index (χ4v) is 2.29. The SMILES string of the molecule is Cc1nc(CN[C@@H](C)[C@H](C)n2cccn2)cs1. The van der Waals surface area contributed by atoms with Crippen molar-refractivity contribution in [2.75, 3.05) is 0 Å². The number of nitrogens with zero attached hydrogens (tertiary/aromatic N) is 3. The summed E-state index contributed by atoms with van der Waals surface area (Å²) in [6.07, 6.45) is 3.81. The van der Waals surface area contributed by atoms with Crippen LogP contribution in [0.3, 0.4) is 0 Å². The fourth-order valence-electron chi connectivity index (χ4n) is 1.68. The van der Waals surface area contributed by atoms with Crippen LogP contribution in [-0.4, -0.2) is 20.8 Å². The highest BCUT2D eigenvalue weighted by molar-refractivity contribution is 7.09. The van der Waals surface area contributed by atoms with Gasteiger partial charge in [-0.2, -0.15) is 5.10 Å². The maximum atomic E-state index is 4.44. The molecule has 0 fully saturated rings. The molecule has 92 valence electrons. The van der Waals surface area contributed by atoms with E-state index in [0.717, 1.165) is 17.2 Å². The van der Waals surface area contributed by atoms with Crippen LogP contribution in [-0.2, 0) is 6.54 Å². The van der Waals surface area contributed by atoms with Crippen LogP contribution in [0.15, 0.2) is 23.8 Å². The summed E-state index contributed by atoms with van der Waals surface area (Å²) in [5, 5.41) is 11.0. The van der Waals surface area contributed by atoms with E-state index in [0.29, 0.717) is 12.1 Å². The minimum Gasteiger partial charge on any atom is -0.306 e. The quantitative estimate of drug-likeness (QED) is 0.886. The summed E-state index contributed by atoms with van der Waals surface area (Å²) in [6, 6.07) is 2.65. The van der Waals surface area contributed by atoms with Gasteiger partial charge in [0.25, 0.3) is 0 Å². The number of rotatable bonds is 5. The monoisotopic (exact) mass is 250 g/mol. The Morgan fingerprint density at radius 1 is 1.47 bits per heavy atom. The highest BCUT2D eigenvalue weighted by Gasteiger charge is 2.13. The molecular formula is C12H18N4S. The third-order valence-electron chi connectivity index (χ3n) is 2.94. The fraction of sp³-hybridized carbons (Fsp3) is 0.500. The van der Waals surface area contributed by atoms with Gasteiger partial charge in [0.1, 0.15) is 0 Å². The minimum atomic E-state index is 0.338. The lowest BCUT2D eigenvalue weighted by Gasteiger charge is -2.21. The topological polar surface area (TPSA) is 42.7 Å². The molecule has 2 rings (SSSR count). The Morgan fingerprint density at radius 2 is 2.29 bits per heavy atom. The number of aryl methyl sites for hydroxylation is 1. The van der Waals surface area contributed by atoms with Crippen molar-refractivity contribution >= 4 is 11.3 Å². The Balaban J connectivity index is 1.87. The van der Waals surface area contributed by atoms with Crippen molar-refractivity contribution in [3.05, 3.63) is 34.5 Å². The largest absolute Gasteiger partial charge is 0.306 e. The molecule has 17 heavy (non-hydrogen) atoms. The molecule has 0 spiro atoms.